The van der Waals surface area contributed by atoms with Crippen LogP contribution >= 0.6 is 0 Å². The maximum Gasteiger partial charge on any atom is 0.221 e. The van der Waals surface area contributed by atoms with Crippen LogP contribution in [0.5, 0.6) is 0 Å². The zero-order valence-corrected chi connectivity index (χ0v) is 16.2. The molecule has 0 spiro atoms. The summed E-state index contributed by atoms with van der Waals surface area (Å²) in [6, 6.07) is 15.1. The minimum atomic E-state index is -0.257. The van der Waals surface area contributed by atoms with E-state index in [1.807, 2.05) is 6.07 Å². The SMILES string of the molecule is Cc1ccc2nc(-c3ccc(F)cc3)c(CN3CCC(=O)NC[C@H]3C)cc2c1. The number of nitrogens with zero attached hydrogens (tertiary/aromatic N) is 2. The van der Waals surface area contributed by atoms with E-state index in [0.29, 0.717) is 26.1 Å². The number of fused-ring (bicyclic) bond motifs is 1. The van der Waals surface area contributed by atoms with Crippen LogP contribution in [0.1, 0.15) is 24.5 Å². The number of hydrogen-bond donors (Lipinski definition) is 1. The molecular formula is C23H24FN3O. The molecule has 5 heteroatoms. The summed E-state index contributed by atoms with van der Waals surface area (Å²) in [5.41, 5.74) is 4.97. The molecule has 3 aromatic rings. The van der Waals surface area contributed by atoms with Crippen molar-refractivity contribution in [3.63, 3.8) is 0 Å². The van der Waals surface area contributed by atoms with Crippen molar-refractivity contribution in [3.8, 4) is 11.3 Å². The summed E-state index contributed by atoms with van der Waals surface area (Å²) in [4.78, 5) is 19.0. The molecule has 1 atom stereocenters. The van der Waals surface area contributed by atoms with Gasteiger partial charge in [-0.1, -0.05) is 11.6 Å². The molecule has 4 rings (SSSR count). The largest absolute Gasteiger partial charge is 0.355 e. The Hall–Kier alpha value is -2.79. The topological polar surface area (TPSA) is 45.2 Å². The molecular weight excluding hydrogens is 353 g/mol. The first kappa shape index (κ1) is 18.6. The van der Waals surface area contributed by atoms with Gasteiger partial charge in [-0.25, -0.2) is 9.37 Å². The van der Waals surface area contributed by atoms with E-state index in [4.69, 9.17) is 4.98 Å². The number of aromatic nitrogens is 1. The zero-order chi connectivity index (χ0) is 19.7. The number of benzene rings is 2. The molecule has 1 aliphatic rings. The van der Waals surface area contributed by atoms with Crippen molar-refractivity contribution < 1.29 is 9.18 Å². The van der Waals surface area contributed by atoms with E-state index < -0.39 is 0 Å². The number of nitrogens with one attached hydrogen (secondary N) is 1. The number of carbonyl (C=O) groups is 1. The van der Waals surface area contributed by atoms with Crippen LogP contribution in [0.2, 0.25) is 0 Å². The van der Waals surface area contributed by atoms with Crippen LogP contribution in [0.3, 0.4) is 0 Å². The third kappa shape index (κ3) is 3.90. The Morgan fingerprint density at radius 3 is 2.75 bits per heavy atom. The van der Waals surface area contributed by atoms with Crippen LogP contribution < -0.4 is 5.32 Å². The molecule has 144 valence electrons. The number of halogens is 1. The Labute approximate surface area is 164 Å². The van der Waals surface area contributed by atoms with Gasteiger partial charge in [0.15, 0.2) is 0 Å². The first-order valence-electron chi connectivity index (χ1n) is 9.66. The van der Waals surface area contributed by atoms with Crippen LogP contribution in [0.25, 0.3) is 22.2 Å². The predicted molar refractivity (Wildman–Crippen MR) is 109 cm³/mol. The first-order chi connectivity index (χ1) is 13.5. The Kier molecular flexibility index (Phi) is 5.09. The van der Waals surface area contributed by atoms with Crippen LogP contribution in [0.4, 0.5) is 4.39 Å². The Balaban J connectivity index is 1.78. The minimum absolute atomic E-state index is 0.0976. The Morgan fingerprint density at radius 1 is 1.18 bits per heavy atom. The fourth-order valence-electron chi connectivity index (χ4n) is 3.72. The molecule has 0 bridgehead atoms. The van der Waals surface area contributed by atoms with Crippen molar-refractivity contribution in [2.75, 3.05) is 13.1 Å². The third-order valence-corrected chi connectivity index (χ3v) is 5.38. The van der Waals surface area contributed by atoms with E-state index in [9.17, 15) is 9.18 Å². The van der Waals surface area contributed by atoms with Gasteiger partial charge in [-0.2, -0.15) is 0 Å². The van der Waals surface area contributed by atoms with E-state index in [0.717, 1.165) is 27.7 Å². The lowest BCUT2D eigenvalue weighted by molar-refractivity contribution is -0.120. The number of aryl methyl sites for hydroxylation is 1. The first-order valence-corrected chi connectivity index (χ1v) is 9.66. The number of pyridine rings is 1. The molecule has 28 heavy (non-hydrogen) atoms. The van der Waals surface area contributed by atoms with Gasteiger partial charge in [0.05, 0.1) is 11.2 Å². The van der Waals surface area contributed by atoms with Gasteiger partial charge in [0, 0.05) is 43.0 Å². The average molecular weight is 377 g/mol. The predicted octanol–water partition coefficient (Wildman–Crippen LogP) is 4.06. The summed E-state index contributed by atoms with van der Waals surface area (Å²) >= 11 is 0. The molecule has 2 heterocycles. The molecule has 0 saturated carbocycles. The lowest BCUT2D eigenvalue weighted by atomic mass is 10.0. The highest BCUT2D eigenvalue weighted by atomic mass is 19.1. The summed E-state index contributed by atoms with van der Waals surface area (Å²) in [5.74, 6) is -0.159. The molecule has 4 nitrogen and oxygen atoms in total. The summed E-state index contributed by atoms with van der Waals surface area (Å²) < 4.78 is 13.4. The van der Waals surface area contributed by atoms with Gasteiger partial charge in [0.2, 0.25) is 5.91 Å². The lowest BCUT2D eigenvalue weighted by Crippen LogP contribution is -2.37. The van der Waals surface area contributed by atoms with Crippen molar-refractivity contribution in [2.45, 2.75) is 32.9 Å². The Morgan fingerprint density at radius 2 is 1.96 bits per heavy atom. The second kappa shape index (κ2) is 7.68. The third-order valence-electron chi connectivity index (χ3n) is 5.38. The molecule has 0 unspecified atom stereocenters. The Bertz CT molecular complexity index is 1020. The van der Waals surface area contributed by atoms with Gasteiger partial charge in [-0.05, 0) is 61.9 Å². The summed E-state index contributed by atoms with van der Waals surface area (Å²) in [7, 11) is 0. The molecule has 1 aliphatic heterocycles. The molecule has 1 amide bonds. The van der Waals surface area contributed by atoms with Crippen LogP contribution in [0.15, 0.2) is 48.5 Å². The second-order valence-electron chi connectivity index (χ2n) is 7.57. The van der Waals surface area contributed by atoms with Gasteiger partial charge < -0.3 is 5.32 Å². The molecule has 2 aromatic carbocycles. The molecule has 1 saturated heterocycles. The number of rotatable bonds is 3. The quantitative estimate of drug-likeness (QED) is 0.749. The van der Waals surface area contributed by atoms with Crippen molar-refractivity contribution in [3.05, 3.63) is 65.5 Å². The molecule has 0 radical (unpaired) electrons. The van der Waals surface area contributed by atoms with Gasteiger partial charge in [0.25, 0.3) is 0 Å². The van der Waals surface area contributed by atoms with E-state index in [-0.39, 0.29) is 17.8 Å². The van der Waals surface area contributed by atoms with Crippen molar-refractivity contribution in [1.29, 1.82) is 0 Å². The average Bonchev–Trinajstić information content (AvgIpc) is 2.84. The van der Waals surface area contributed by atoms with E-state index in [1.165, 1.54) is 17.7 Å². The van der Waals surface area contributed by atoms with E-state index >= 15 is 0 Å². The maximum atomic E-state index is 13.4. The van der Waals surface area contributed by atoms with E-state index in [2.05, 4.69) is 42.3 Å². The molecule has 1 fully saturated rings. The fourth-order valence-corrected chi connectivity index (χ4v) is 3.72. The normalized spacial score (nSPS) is 18.1. The number of hydrogen-bond acceptors (Lipinski definition) is 3. The second-order valence-corrected chi connectivity index (χ2v) is 7.57. The minimum Gasteiger partial charge on any atom is -0.355 e. The monoisotopic (exact) mass is 377 g/mol. The van der Waals surface area contributed by atoms with E-state index in [1.54, 1.807) is 12.1 Å². The van der Waals surface area contributed by atoms with Crippen molar-refractivity contribution >= 4 is 16.8 Å². The van der Waals surface area contributed by atoms with Crippen molar-refractivity contribution in [1.82, 2.24) is 15.2 Å². The smallest absolute Gasteiger partial charge is 0.221 e. The molecule has 1 aromatic heterocycles. The van der Waals surface area contributed by atoms with Crippen LogP contribution in [-0.2, 0) is 11.3 Å². The fraction of sp³-hybridized carbons (Fsp3) is 0.304. The maximum absolute atomic E-state index is 13.4. The highest BCUT2D eigenvalue weighted by Crippen LogP contribution is 2.28. The highest BCUT2D eigenvalue weighted by Gasteiger charge is 2.22. The highest BCUT2D eigenvalue weighted by molar-refractivity contribution is 5.84. The van der Waals surface area contributed by atoms with Gasteiger partial charge in [-0.3, -0.25) is 9.69 Å². The van der Waals surface area contributed by atoms with Crippen LogP contribution in [-0.4, -0.2) is 34.9 Å². The number of amides is 1. The van der Waals surface area contributed by atoms with Gasteiger partial charge in [-0.15, -0.1) is 0 Å². The molecule has 0 aliphatic carbocycles. The lowest BCUT2D eigenvalue weighted by Gasteiger charge is -2.27. The van der Waals surface area contributed by atoms with Crippen LogP contribution in [0, 0.1) is 12.7 Å². The van der Waals surface area contributed by atoms with Crippen molar-refractivity contribution in [2.24, 2.45) is 0 Å². The number of carbonyl (C=O) groups excluding carboxylic acids is 1. The van der Waals surface area contributed by atoms with Gasteiger partial charge >= 0.3 is 0 Å². The molecule has 1 N–H and O–H groups in total. The zero-order valence-electron chi connectivity index (χ0n) is 16.2. The summed E-state index contributed by atoms with van der Waals surface area (Å²) in [6.07, 6.45) is 0.496. The summed E-state index contributed by atoms with van der Waals surface area (Å²) in [6.45, 7) is 6.25. The standard InChI is InChI=1S/C23H24FN3O/c1-15-3-8-21-18(11-15)12-19(14-27-10-9-22(28)25-13-16(27)2)23(26-21)17-4-6-20(24)7-5-17/h3-8,11-12,16H,9-10,13-14H2,1-2H3,(H,25,28)/t16-/m1/s1. The van der Waals surface area contributed by atoms with Gasteiger partial charge in [0.1, 0.15) is 5.82 Å². The summed E-state index contributed by atoms with van der Waals surface area (Å²) in [5, 5.41) is 4.06.